The highest BCUT2D eigenvalue weighted by molar-refractivity contribution is 6.31. The van der Waals surface area contributed by atoms with E-state index in [4.69, 9.17) is 35.5 Å². The maximum Gasteiger partial charge on any atom is 0.282 e. The number of para-hydroxylation sites is 1. The largest absolute Gasteiger partial charge is 0.493 e. The Labute approximate surface area is 228 Å². The first kappa shape index (κ1) is 24.5. The first-order valence-corrected chi connectivity index (χ1v) is 12.5. The van der Waals surface area contributed by atoms with Gasteiger partial charge >= 0.3 is 0 Å². The number of nitrogens with zero attached hydrogens (tertiary/aromatic N) is 3. The molecule has 0 atom stereocenters. The Morgan fingerprint density at radius 2 is 1.79 bits per heavy atom. The Bertz CT molecular complexity index is 1770. The van der Waals surface area contributed by atoms with E-state index in [9.17, 15) is 4.79 Å². The number of hydrogen-bond acceptors (Lipinski definition) is 7. The Morgan fingerprint density at radius 1 is 1.00 bits per heavy atom. The molecule has 0 fully saturated rings. The van der Waals surface area contributed by atoms with Crippen molar-refractivity contribution in [3.63, 3.8) is 0 Å². The van der Waals surface area contributed by atoms with Gasteiger partial charge < -0.3 is 18.9 Å². The van der Waals surface area contributed by atoms with Crippen LogP contribution in [-0.2, 0) is 6.61 Å². The van der Waals surface area contributed by atoms with Crippen LogP contribution in [0.3, 0.4) is 0 Å². The zero-order valence-corrected chi connectivity index (χ0v) is 21.6. The minimum atomic E-state index is -0.299. The van der Waals surface area contributed by atoms with Crippen LogP contribution in [0.4, 0.5) is 0 Å². The zero-order valence-electron chi connectivity index (χ0n) is 20.8. The van der Waals surface area contributed by atoms with E-state index >= 15 is 0 Å². The quantitative estimate of drug-likeness (QED) is 0.239. The van der Waals surface area contributed by atoms with Crippen LogP contribution >= 0.6 is 11.6 Å². The Morgan fingerprint density at radius 3 is 2.64 bits per heavy atom. The summed E-state index contributed by atoms with van der Waals surface area (Å²) in [5.41, 5.74) is 2.44. The smallest absolute Gasteiger partial charge is 0.282 e. The van der Waals surface area contributed by atoms with Crippen LogP contribution in [0.2, 0.25) is 5.02 Å². The van der Waals surface area contributed by atoms with Gasteiger partial charge in [0.2, 0.25) is 6.79 Å². The van der Waals surface area contributed by atoms with Gasteiger partial charge in [0, 0.05) is 22.2 Å². The van der Waals surface area contributed by atoms with Crippen molar-refractivity contribution in [3.05, 3.63) is 111 Å². The van der Waals surface area contributed by atoms with Gasteiger partial charge in [0.15, 0.2) is 28.8 Å². The van der Waals surface area contributed by atoms with Crippen LogP contribution in [0.15, 0.2) is 94.8 Å². The van der Waals surface area contributed by atoms with Crippen LogP contribution in [0.5, 0.6) is 23.0 Å². The first-order chi connectivity index (χ1) is 19.1. The highest BCUT2D eigenvalue weighted by Crippen LogP contribution is 2.36. The Hall–Kier alpha value is -4.82. The molecule has 0 radical (unpaired) electrons. The van der Waals surface area contributed by atoms with E-state index in [1.807, 2.05) is 54.6 Å². The SMILES string of the molecule is COc1cc(Cl)cc(C=Nn2c(-c3ccccc3)nc3ccccc3c2=O)c1OCc1ccc2c(c1)OCO2. The highest BCUT2D eigenvalue weighted by Gasteiger charge is 2.17. The molecule has 1 aliphatic rings. The second-order valence-electron chi connectivity index (χ2n) is 8.68. The predicted octanol–water partition coefficient (Wildman–Crippen LogP) is 5.92. The van der Waals surface area contributed by atoms with Crippen LogP contribution in [-0.4, -0.2) is 29.8 Å². The molecule has 194 valence electrons. The monoisotopic (exact) mass is 539 g/mol. The lowest BCUT2D eigenvalue weighted by Gasteiger charge is -2.15. The summed E-state index contributed by atoms with van der Waals surface area (Å²) in [6.07, 6.45) is 1.52. The standard InChI is InChI=1S/C30H22ClN3O5/c1-36-27-15-22(31)14-21(28(27)37-17-19-11-12-25-26(13-19)39-18-38-25)16-32-34-29(20-7-3-2-4-8-20)33-24-10-6-5-9-23(24)30(34)35/h2-16H,17-18H2,1H3. The van der Waals surface area contributed by atoms with E-state index in [0.717, 1.165) is 11.1 Å². The first-order valence-electron chi connectivity index (χ1n) is 12.1. The number of aromatic nitrogens is 2. The minimum absolute atomic E-state index is 0.194. The normalized spacial score (nSPS) is 12.3. The summed E-state index contributed by atoms with van der Waals surface area (Å²) in [6, 6.07) is 25.6. The number of fused-ring (bicyclic) bond motifs is 2. The molecule has 2 heterocycles. The summed E-state index contributed by atoms with van der Waals surface area (Å²) in [4.78, 5) is 18.3. The number of ether oxygens (including phenoxy) is 4. The van der Waals surface area contributed by atoms with Crippen molar-refractivity contribution >= 4 is 28.7 Å². The van der Waals surface area contributed by atoms with Gasteiger partial charge in [-0.1, -0.05) is 60.1 Å². The summed E-state index contributed by atoms with van der Waals surface area (Å²) >= 11 is 6.39. The minimum Gasteiger partial charge on any atom is -0.493 e. The Balaban J connectivity index is 1.41. The van der Waals surface area contributed by atoms with Crippen molar-refractivity contribution < 1.29 is 18.9 Å². The molecule has 0 unspecified atom stereocenters. The van der Waals surface area contributed by atoms with Gasteiger partial charge in [-0.15, -0.1) is 0 Å². The second kappa shape index (κ2) is 10.5. The molecule has 0 amide bonds. The molecule has 0 spiro atoms. The van der Waals surface area contributed by atoms with Crippen molar-refractivity contribution in [2.45, 2.75) is 6.61 Å². The molecule has 8 nitrogen and oxygen atoms in total. The molecule has 9 heteroatoms. The van der Waals surface area contributed by atoms with Crippen LogP contribution in [0.25, 0.3) is 22.3 Å². The molecule has 39 heavy (non-hydrogen) atoms. The summed E-state index contributed by atoms with van der Waals surface area (Å²) in [7, 11) is 1.53. The number of hydrogen-bond donors (Lipinski definition) is 0. The molecule has 0 N–H and O–H groups in total. The molecule has 0 saturated heterocycles. The van der Waals surface area contributed by atoms with Gasteiger partial charge in [-0.2, -0.15) is 9.78 Å². The molecule has 5 aromatic rings. The Kier molecular flexibility index (Phi) is 6.61. The van der Waals surface area contributed by atoms with E-state index in [-0.39, 0.29) is 19.0 Å². The lowest BCUT2D eigenvalue weighted by molar-refractivity contribution is 0.174. The lowest BCUT2D eigenvalue weighted by atomic mass is 10.2. The number of rotatable bonds is 7. The lowest BCUT2D eigenvalue weighted by Crippen LogP contribution is -2.20. The summed E-state index contributed by atoms with van der Waals surface area (Å²) in [5, 5.41) is 5.45. The molecular formula is C30H22ClN3O5. The predicted molar refractivity (Wildman–Crippen MR) is 149 cm³/mol. The van der Waals surface area contributed by atoms with Crippen molar-refractivity contribution in [1.29, 1.82) is 0 Å². The summed E-state index contributed by atoms with van der Waals surface area (Å²) < 4.78 is 23.9. The molecule has 1 aromatic heterocycles. The molecule has 6 rings (SSSR count). The fraction of sp³-hybridized carbons (Fsp3) is 0.100. The van der Waals surface area contributed by atoms with E-state index in [2.05, 4.69) is 5.10 Å². The van der Waals surface area contributed by atoms with Gasteiger partial charge in [-0.3, -0.25) is 4.79 Å². The van der Waals surface area contributed by atoms with E-state index < -0.39 is 0 Å². The van der Waals surface area contributed by atoms with Gasteiger partial charge in [-0.25, -0.2) is 4.98 Å². The summed E-state index contributed by atoms with van der Waals surface area (Å²) in [6.45, 7) is 0.418. The average molecular weight is 540 g/mol. The van der Waals surface area contributed by atoms with Gasteiger partial charge in [0.1, 0.15) is 6.61 Å². The summed E-state index contributed by atoms with van der Waals surface area (Å²) in [5.74, 6) is 2.62. The van der Waals surface area contributed by atoms with Crippen molar-refractivity contribution in [2.24, 2.45) is 5.10 Å². The van der Waals surface area contributed by atoms with E-state index in [0.29, 0.717) is 50.3 Å². The fourth-order valence-electron chi connectivity index (χ4n) is 4.30. The van der Waals surface area contributed by atoms with Gasteiger partial charge in [0.05, 0.1) is 24.2 Å². The van der Waals surface area contributed by atoms with Gasteiger partial charge in [-0.05, 0) is 35.9 Å². The third-order valence-corrected chi connectivity index (χ3v) is 6.40. The highest BCUT2D eigenvalue weighted by atomic mass is 35.5. The molecular weight excluding hydrogens is 518 g/mol. The van der Waals surface area contributed by atoms with Gasteiger partial charge in [0.25, 0.3) is 5.56 Å². The molecule has 4 aromatic carbocycles. The maximum atomic E-state index is 13.5. The zero-order chi connectivity index (χ0) is 26.8. The van der Waals surface area contributed by atoms with Crippen molar-refractivity contribution in [3.8, 4) is 34.4 Å². The molecule has 0 saturated carbocycles. The van der Waals surface area contributed by atoms with Crippen molar-refractivity contribution in [2.75, 3.05) is 13.9 Å². The molecule has 0 bridgehead atoms. The molecule has 0 aliphatic carbocycles. The van der Waals surface area contributed by atoms with Crippen LogP contribution < -0.4 is 24.5 Å². The number of benzene rings is 4. The number of halogens is 1. The topological polar surface area (TPSA) is 84.2 Å². The van der Waals surface area contributed by atoms with Crippen LogP contribution in [0.1, 0.15) is 11.1 Å². The van der Waals surface area contributed by atoms with Crippen LogP contribution in [0, 0.1) is 0 Å². The average Bonchev–Trinajstić information content (AvgIpc) is 3.44. The second-order valence-corrected chi connectivity index (χ2v) is 9.12. The third-order valence-electron chi connectivity index (χ3n) is 6.19. The third kappa shape index (κ3) is 4.89. The van der Waals surface area contributed by atoms with Crippen molar-refractivity contribution in [1.82, 2.24) is 9.66 Å². The van der Waals surface area contributed by atoms with E-state index in [1.54, 1.807) is 30.3 Å². The fourth-order valence-corrected chi connectivity index (χ4v) is 4.52. The maximum absolute atomic E-state index is 13.5. The van der Waals surface area contributed by atoms with E-state index in [1.165, 1.54) is 18.0 Å². The number of methoxy groups -OCH3 is 1. The molecule has 1 aliphatic heterocycles.